The molecule has 88 valence electrons. The van der Waals surface area contributed by atoms with Crippen molar-refractivity contribution in [3.8, 4) is 5.75 Å². The molecule has 0 aromatic heterocycles. The molecule has 3 nitrogen and oxygen atoms in total. The van der Waals surface area contributed by atoms with Gasteiger partial charge in [-0.2, -0.15) is 0 Å². The Morgan fingerprint density at radius 1 is 1.38 bits per heavy atom. The van der Waals surface area contributed by atoms with E-state index < -0.39 is 11.9 Å². The number of carbonyl (C=O) groups is 1. The maximum Gasteiger partial charge on any atom is 0.311 e. The Balaban J connectivity index is 3.40. The summed E-state index contributed by atoms with van der Waals surface area (Å²) >= 11 is 5.94. The van der Waals surface area contributed by atoms with Crippen LogP contribution in [0.2, 0.25) is 5.02 Å². The summed E-state index contributed by atoms with van der Waals surface area (Å²) in [6.45, 7) is 5.33. The summed E-state index contributed by atoms with van der Waals surface area (Å²) in [4.78, 5) is 11.2. The first kappa shape index (κ1) is 12.8. The van der Waals surface area contributed by atoms with Crippen LogP contribution in [0.5, 0.6) is 5.75 Å². The van der Waals surface area contributed by atoms with E-state index in [1.165, 1.54) is 6.07 Å². The quantitative estimate of drug-likeness (QED) is 0.856. The van der Waals surface area contributed by atoms with Gasteiger partial charge in [0.25, 0.3) is 0 Å². The number of rotatable bonds is 3. The lowest BCUT2D eigenvalue weighted by atomic mass is 9.85. The smallest absolute Gasteiger partial charge is 0.311 e. The number of hydrogen-bond donors (Lipinski definition) is 2. The summed E-state index contributed by atoms with van der Waals surface area (Å²) in [5, 5.41) is 19.4. The van der Waals surface area contributed by atoms with E-state index in [0.29, 0.717) is 16.1 Å². The lowest BCUT2D eigenvalue weighted by Gasteiger charge is -2.20. The lowest BCUT2D eigenvalue weighted by Crippen LogP contribution is -2.18. The number of halogens is 1. The van der Waals surface area contributed by atoms with E-state index in [1.807, 2.05) is 0 Å². The molecule has 16 heavy (non-hydrogen) atoms. The van der Waals surface area contributed by atoms with Crippen LogP contribution in [-0.4, -0.2) is 16.2 Å². The predicted molar refractivity (Wildman–Crippen MR) is 63.1 cm³/mol. The third kappa shape index (κ3) is 2.30. The Morgan fingerprint density at radius 3 is 2.38 bits per heavy atom. The standard InChI is InChI=1S/C12H15ClO3/c1-6(2)10(12(15)16)11-7(3)8(13)4-5-9(11)14/h4-6,10,14H,1-3H3,(H,15,16). The van der Waals surface area contributed by atoms with Gasteiger partial charge >= 0.3 is 5.97 Å². The summed E-state index contributed by atoms with van der Waals surface area (Å²) < 4.78 is 0. The fourth-order valence-corrected chi connectivity index (χ4v) is 1.99. The van der Waals surface area contributed by atoms with E-state index in [-0.39, 0.29) is 11.7 Å². The molecule has 0 saturated carbocycles. The highest BCUT2D eigenvalue weighted by atomic mass is 35.5. The van der Waals surface area contributed by atoms with Crippen LogP contribution in [0.4, 0.5) is 0 Å². The molecule has 0 aliphatic rings. The van der Waals surface area contributed by atoms with E-state index >= 15 is 0 Å². The van der Waals surface area contributed by atoms with Crippen molar-refractivity contribution in [1.82, 2.24) is 0 Å². The van der Waals surface area contributed by atoms with E-state index in [1.54, 1.807) is 26.8 Å². The minimum Gasteiger partial charge on any atom is -0.508 e. The molecule has 1 aromatic carbocycles. The molecule has 0 radical (unpaired) electrons. The minimum atomic E-state index is -0.948. The third-order valence-electron chi connectivity index (χ3n) is 2.67. The van der Waals surface area contributed by atoms with Crippen molar-refractivity contribution in [2.75, 3.05) is 0 Å². The van der Waals surface area contributed by atoms with Crippen molar-refractivity contribution in [2.45, 2.75) is 26.7 Å². The van der Waals surface area contributed by atoms with Crippen molar-refractivity contribution >= 4 is 17.6 Å². The molecule has 0 fully saturated rings. The third-order valence-corrected chi connectivity index (χ3v) is 3.08. The molecule has 1 aromatic rings. The van der Waals surface area contributed by atoms with Crippen molar-refractivity contribution in [3.05, 3.63) is 28.3 Å². The molecule has 1 unspecified atom stereocenters. The summed E-state index contributed by atoms with van der Waals surface area (Å²) in [7, 11) is 0. The number of aliphatic carboxylic acids is 1. The summed E-state index contributed by atoms with van der Waals surface area (Å²) in [5.74, 6) is -1.81. The van der Waals surface area contributed by atoms with Crippen molar-refractivity contribution in [3.63, 3.8) is 0 Å². The van der Waals surface area contributed by atoms with Crippen LogP contribution in [0.15, 0.2) is 12.1 Å². The Labute approximate surface area is 99.7 Å². The second kappa shape index (κ2) is 4.74. The second-order valence-electron chi connectivity index (χ2n) is 4.17. The number of benzene rings is 1. The SMILES string of the molecule is Cc1c(Cl)ccc(O)c1C(C(=O)O)C(C)C. The van der Waals surface area contributed by atoms with Crippen molar-refractivity contribution in [2.24, 2.45) is 5.92 Å². The van der Waals surface area contributed by atoms with E-state index in [9.17, 15) is 15.0 Å². The highest BCUT2D eigenvalue weighted by Crippen LogP contribution is 2.37. The molecule has 4 heteroatoms. The molecule has 0 saturated heterocycles. The molecule has 2 N–H and O–H groups in total. The molecule has 1 rings (SSSR count). The van der Waals surface area contributed by atoms with Gasteiger partial charge in [-0.25, -0.2) is 0 Å². The van der Waals surface area contributed by atoms with Crippen LogP contribution in [0.3, 0.4) is 0 Å². The molecular weight excluding hydrogens is 228 g/mol. The van der Waals surface area contributed by atoms with Crippen LogP contribution in [0.1, 0.15) is 30.9 Å². The van der Waals surface area contributed by atoms with Gasteiger partial charge in [0.05, 0.1) is 5.92 Å². The van der Waals surface area contributed by atoms with Gasteiger partial charge in [-0.15, -0.1) is 0 Å². The van der Waals surface area contributed by atoms with E-state index in [2.05, 4.69) is 0 Å². The van der Waals surface area contributed by atoms with E-state index in [0.717, 1.165) is 0 Å². The monoisotopic (exact) mass is 242 g/mol. The van der Waals surface area contributed by atoms with Gasteiger partial charge in [0.1, 0.15) is 5.75 Å². The van der Waals surface area contributed by atoms with Crippen molar-refractivity contribution in [1.29, 1.82) is 0 Å². The van der Waals surface area contributed by atoms with Crippen LogP contribution < -0.4 is 0 Å². The Bertz CT molecular complexity index is 413. The fraction of sp³-hybridized carbons (Fsp3) is 0.417. The first-order chi connectivity index (χ1) is 7.36. The van der Waals surface area contributed by atoms with Gasteiger partial charge in [0.15, 0.2) is 0 Å². The fourth-order valence-electron chi connectivity index (χ4n) is 1.82. The highest BCUT2D eigenvalue weighted by Gasteiger charge is 2.28. The van der Waals surface area contributed by atoms with Gasteiger partial charge in [-0.1, -0.05) is 25.4 Å². The second-order valence-corrected chi connectivity index (χ2v) is 4.57. The first-order valence-corrected chi connectivity index (χ1v) is 5.44. The summed E-state index contributed by atoms with van der Waals surface area (Å²) in [5.41, 5.74) is 1.04. The summed E-state index contributed by atoms with van der Waals surface area (Å²) in [6, 6.07) is 3.00. The zero-order valence-corrected chi connectivity index (χ0v) is 10.2. The van der Waals surface area contributed by atoms with Gasteiger partial charge in [-0.3, -0.25) is 4.79 Å². The first-order valence-electron chi connectivity index (χ1n) is 5.07. The van der Waals surface area contributed by atoms with E-state index in [4.69, 9.17) is 11.6 Å². The number of phenolic OH excluding ortho intramolecular Hbond substituents is 1. The zero-order valence-electron chi connectivity index (χ0n) is 9.49. The molecule has 0 bridgehead atoms. The largest absolute Gasteiger partial charge is 0.508 e. The van der Waals surface area contributed by atoms with Crippen LogP contribution in [0, 0.1) is 12.8 Å². The maximum atomic E-state index is 11.2. The highest BCUT2D eigenvalue weighted by molar-refractivity contribution is 6.31. The maximum absolute atomic E-state index is 11.2. The van der Waals surface area contributed by atoms with Crippen LogP contribution in [-0.2, 0) is 4.79 Å². The number of aromatic hydroxyl groups is 1. The lowest BCUT2D eigenvalue weighted by molar-refractivity contribution is -0.139. The van der Waals surface area contributed by atoms with Gasteiger partial charge in [0.2, 0.25) is 0 Å². The normalized spacial score (nSPS) is 12.8. The molecule has 0 amide bonds. The minimum absolute atomic E-state index is 0.0111. The summed E-state index contributed by atoms with van der Waals surface area (Å²) in [6.07, 6.45) is 0. The molecule has 0 aliphatic heterocycles. The topological polar surface area (TPSA) is 57.5 Å². The number of carboxylic acid groups (broad SMARTS) is 1. The Hall–Kier alpha value is -1.22. The Morgan fingerprint density at radius 2 is 1.94 bits per heavy atom. The Kier molecular flexibility index (Phi) is 3.81. The average Bonchev–Trinajstić information content (AvgIpc) is 2.17. The van der Waals surface area contributed by atoms with Crippen LogP contribution in [0.25, 0.3) is 0 Å². The number of phenols is 1. The molecule has 0 spiro atoms. The van der Waals surface area contributed by atoms with Gasteiger partial charge < -0.3 is 10.2 Å². The molecular formula is C12H15ClO3. The van der Waals surface area contributed by atoms with Gasteiger partial charge in [-0.05, 0) is 30.5 Å². The van der Waals surface area contributed by atoms with Gasteiger partial charge in [0, 0.05) is 10.6 Å². The molecule has 1 atom stereocenters. The predicted octanol–water partition coefficient (Wildman–Crippen LogP) is 3.18. The molecule has 0 aliphatic carbocycles. The number of hydrogen-bond acceptors (Lipinski definition) is 2. The molecule has 0 heterocycles. The number of carboxylic acids is 1. The van der Waals surface area contributed by atoms with Crippen LogP contribution >= 0.6 is 11.6 Å². The average molecular weight is 243 g/mol. The van der Waals surface area contributed by atoms with Crippen molar-refractivity contribution < 1.29 is 15.0 Å². The zero-order chi connectivity index (χ0) is 12.5.